The van der Waals surface area contributed by atoms with E-state index in [0.29, 0.717) is 5.56 Å². The van der Waals surface area contributed by atoms with E-state index in [1.807, 2.05) is 24.9 Å². The Bertz CT molecular complexity index is 503. The molecule has 1 aromatic rings. The van der Waals surface area contributed by atoms with Crippen molar-refractivity contribution in [1.82, 2.24) is 14.8 Å². The minimum Gasteiger partial charge on any atom is -0.387 e. The molecular formula is C16H26N4O. The Labute approximate surface area is 127 Å². The van der Waals surface area contributed by atoms with Gasteiger partial charge in [-0.1, -0.05) is 6.92 Å². The molecule has 5 nitrogen and oxygen atoms in total. The third-order valence-electron chi connectivity index (χ3n) is 4.17. The number of pyridine rings is 1. The van der Waals surface area contributed by atoms with Gasteiger partial charge in [-0.25, -0.2) is 0 Å². The molecule has 21 heavy (non-hydrogen) atoms. The molecule has 1 aliphatic heterocycles. The van der Waals surface area contributed by atoms with Gasteiger partial charge < -0.3 is 15.1 Å². The van der Waals surface area contributed by atoms with Crippen LogP contribution in [0.3, 0.4) is 0 Å². The van der Waals surface area contributed by atoms with Gasteiger partial charge in [0.1, 0.15) is 0 Å². The standard InChI is InChI=1S/C16H26N4O/c1-5-13-11-19(4)7-6-8-20(13)16(21)14-10-18-12(2)9-15(14)17-3/h9-10,13H,5-8,11H2,1-4H3,(H,17,18). The quantitative estimate of drug-likeness (QED) is 0.925. The van der Waals surface area contributed by atoms with Crippen LogP contribution < -0.4 is 5.32 Å². The fourth-order valence-electron chi connectivity index (χ4n) is 2.95. The van der Waals surface area contributed by atoms with Crippen molar-refractivity contribution < 1.29 is 4.79 Å². The van der Waals surface area contributed by atoms with Crippen molar-refractivity contribution in [2.24, 2.45) is 0 Å². The van der Waals surface area contributed by atoms with Crippen LogP contribution in [0.2, 0.25) is 0 Å². The molecule has 0 aromatic carbocycles. The number of aryl methyl sites for hydroxylation is 1. The minimum atomic E-state index is 0.0917. The first-order valence-electron chi connectivity index (χ1n) is 7.70. The van der Waals surface area contributed by atoms with E-state index >= 15 is 0 Å². The largest absolute Gasteiger partial charge is 0.387 e. The van der Waals surface area contributed by atoms with Crippen LogP contribution in [0.15, 0.2) is 12.3 Å². The number of amides is 1. The van der Waals surface area contributed by atoms with E-state index in [-0.39, 0.29) is 11.9 Å². The number of nitrogens with one attached hydrogen (secondary N) is 1. The van der Waals surface area contributed by atoms with Crippen LogP contribution in [0, 0.1) is 6.92 Å². The summed E-state index contributed by atoms with van der Waals surface area (Å²) in [7, 11) is 3.97. The molecule has 5 heteroatoms. The average molecular weight is 290 g/mol. The van der Waals surface area contributed by atoms with Crippen LogP contribution in [-0.2, 0) is 0 Å². The van der Waals surface area contributed by atoms with E-state index in [1.54, 1.807) is 6.20 Å². The Morgan fingerprint density at radius 2 is 2.24 bits per heavy atom. The fraction of sp³-hybridized carbons (Fsp3) is 0.625. The number of rotatable bonds is 3. The van der Waals surface area contributed by atoms with Crippen LogP contribution >= 0.6 is 0 Å². The summed E-state index contributed by atoms with van der Waals surface area (Å²) in [5.41, 5.74) is 2.45. The van der Waals surface area contributed by atoms with Gasteiger partial charge in [0.25, 0.3) is 5.91 Å². The van der Waals surface area contributed by atoms with Crippen molar-refractivity contribution in [3.63, 3.8) is 0 Å². The highest BCUT2D eigenvalue weighted by atomic mass is 16.2. The number of likely N-dealkylation sites (N-methyl/N-ethyl adjacent to an activating group) is 1. The zero-order valence-electron chi connectivity index (χ0n) is 13.5. The van der Waals surface area contributed by atoms with Crippen LogP contribution in [0.4, 0.5) is 5.69 Å². The Balaban J connectivity index is 2.29. The average Bonchev–Trinajstić information content (AvgIpc) is 2.67. The number of aromatic nitrogens is 1. The summed E-state index contributed by atoms with van der Waals surface area (Å²) < 4.78 is 0. The second-order valence-electron chi connectivity index (χ2n) is 5.80. The summed E-state index contributed by atoms with van der Waals surface area (Å²) >= 11 is 0. The Morgan fingerprint density at radius 3 is 2.90 bits per heavy atom. The maximum atomic E-state index is 12.9. The minimum absolute atomic E-state index is 0.0917. The van der Waals surface area contributed by atoms with E-state index in [1.165, 1.54) is 0 Å². The third kappa shape index (κ3) is 3.53. The van der Waals surface area contributed by atoms with Crippen LogP contribution in [0.25, 0.3) is 0 Å². The van der Waals surface area contributed by atoms with Gasteiger partial charge >= 0.3 is 0 Å². The van der Waals surface area contributed by atoms with Crippen molar-refractivity contribution in [3.05, 3.63) is 23.5 Å². The van der Waals surface area contributed by atoms with Crippen LogP contribution in [-0.4, -0.2) is 60.5 Å². The zero-order chi connectivity index (χ0) is 15.4. The lowest BCUT2D eigenvalue weighted by Crippen LogP contribution is -2.43. The highest BCUT2D eigenvalue weighted by Gasteiger charge is 2.28. The lowest BCUT2D eigenvalue weighted by atomic mass is 10.1. The molecule has 1 aliphatic rings. The molecule has 1 fully saturated rings. The second-order valence-corrected chi connectivity index (χ2v) is 5.80. The van der Waals surface area contributed by atoms with Crippen molar-refractivity contribution in [2.75, 3.05) is 39.0 Å². The summed E-state index contributed by atoms with van der Waals surface area (Å²) in [5.74, 6) is 0.0917. The number of carbonyl (C=O) groups excluding carboxylic acids is 1. The Morgan fingerprint density at radius 1 is 1.48 bits per heavy atom. The molecule has 1 saturated heterocycles. The number of anilines is 1. The Hall–Kier alpha value is -1.62. The molecule has 0 spiro atoms. The van der Waals surface area contributed by atoms with Crippen molar-refractivity contribution in [3.8, 4) is 0 Å². The van der Waals surface area contributed by atoms with Gasteiger partial charge in [0.05, 0.1) is 11.3 Å². The first-order valence-corrected chi connectivity index (χ1v) is 7.70. The molecule has 0 saturated carbocycles. The lowest BCUT2D eigenvalue weighted by Gasteiger charge is -2.30. The molecule has 2 rings (SSSR count). The highest BCUT2D eigenvalue weighted by molar-refractivity contribution is 5.99. The molecule has 0 radical (unpaired) electrons. The van der Waals surface area contributed by atoms with Gasteiger partial charge in [-0.3, -0.25) is 9.78 Å². The molecule has 1 N–H and O–H groups in total. The van der Waals surface area contributed by atoms with E-state index in [4.69, 9.17) is 0 Å². The number of nitrogens with zero attached hydrogens (tertiary/aromatic N) is 3. The first-order chi connectivity index (χ1) is 10.1. The maximum Gasteiger partial charge on any atom is 0.257 e. The summed E-state index contributed by atoms with van der Waals surface area (Å²) in [6, 6.07) is 2.20. The molecule has 0 aliphatic carbocycles. The van der Waals surface area contributed by atoms with Crippen LogP contribution in [0.1, 0.15) is 35.8 Å². The predicted molar refractivity (Wildman–Crippen MR) is 85.8 cm³/mol. The lowest BCUT2D eigenvalue weighted by molar-refractivity contribution is 0.0676. The summed E-state index contributed by atoms with van der Waals surface area (Å²) in [5, 5.41) is 3.12. The van der Waals surface area contributed by atoms with Gasteiger partial charge in [0, 0.05) is 38.1 Å². The van der Waals surface area contributed by atoms with Gasteiger partial charge in [-0.2, -0.15) is 0 Å². The molecule has 116 valence electrons. The smallest absolute Gasteiger partial charge is 0.257 e. The van der Waals surface area contributed by atoms with Crippen LogP contribution in [0.5, 0.6) is 0 Å². The number of hydrogen-bond acceptors (Lipinski definition) is 4. The van der Waals surface area contributed by atoms with Crippen molar-refractivity contribution in [2.45, 2.75) is 32.7 Å². The van der Waals surface area contributed by atoms with E-state index < -0.39 is 0 Å². The molecule has 1 atom stereocenters. The van der Waals surface area contributed by atoms with Gasteiger partial charge in [0.15, 0.2) is 0 Å². The topological polar surface area (TPSA) is 48.5 Å². The van der Waals surface area contributed by atoms with Gasteiger partial charge in [-0.05, 0) is 39.4 Å². The van der Waals surface area contributed by atoms with Gasteiger partial charge in [0.2, 0.25) is 0 Å². The molecule has 2 heterocycles. The fourth-order valence-corrected chi connectivity index (χ4v) is 2.95. The zero-order valence-corrected chi connectivity index (χ0v) is 13.5. The SMILES string of the molecule is CCC1CN(C)CCCN1C(=O)c1cnc(C)cc1NC. The maximum absolute atomic E-state index is 12.9. The summed E-state index contributed by atoms with van der Waals surface area (Å²) in [6.07, 6.45) is 3.70. The summed E-state index contributed by atoms with van der Waals surface area (Å²) in [6.45, 7) is 6.89. The Kier molecular flexibility index (Phi) is 5.17. The number of hydrogen-bond donors (Lipinski definition) is 1. The third-order valence-corrected chi connectivity index (χ3v) is 4.17. The van der Waals surface area contributed by atoms with Crippen molar-refractivity contribution in [1.29, 1.82) is 0 Å². The van der Waals surface area contributed by atoms with E-state index in [0.717, 1.165) is 43.9 Å². The molecule has 1 aromatic heterocycles. The van der Waals surface area contributed by atoms with E-state index in [9.17, 15) is 4.79 Å². The normalized spacial score (nSPS) is 20.2. The highest BCUT2D eigenvalue weighted by Crippen LogP contribution is 2.21. The molecule has 1 unspecified atom stereocenters. The molecule has 1 amide bonds. The number of carbonyl (C=O) groups is 1. The molecular weight excluding hydrogens is 264 g/mol. The van der Waals surface area contributed by atoms with Gasteiger partial charge in [-0.15, -0.1) is 0 Å². The van der Waals surface area contributed by atoms with E-state index in [2.05, 4.69) is 29.2 Å². The second kappa shape index (κ2) is 6.89. The van der Waals surface area contributed by atoms with Crippen molar-refractivity contribution >= 4 is 11.6 Å². The monoisotopic (exact) mass is 290 g/mol. The molecule has 0 bridgehead atoms. The predicted octanol–water partition coefficient (Wildman–Crippen LogP) is 1.99. The summed E-state index contributed by atoms with van der Waals surface area (Å²) in [4.78, 5) is 21.6. The first kappa shape index (κ1) is 15.8.